The molecule has 0 aromatic heterocycles. The molecule has 0 aliphatic heterocycles. The zero-order chi connectivity index (χ0) is 14.1. The first-order chi connectivity index (χ1) is 9.13. The number of unbranched alkanes of at least 4 members (excludes halogenated alkanes) is 2. The van der Waals surface area contributed by atoms with Gasteiger partial charge in [-0.2, -0.15) is 0 Å². The summed E-state index contributed by atoms with van der Waals surface area (Å²) in [6.07, 6.45) is 11.5. The smallest absolute Gasteiger partial charge is 0.303 e. The molecule has 0 radical (unpaired) electrons. The summed E-state index contributed by atoms with van der Waals surface area (Å²) in [7, 11) is 0. The van der Waals surface area contributed by atoms with Crippen molar-refractivity contribution in [1.82, 2.24) is 0 Å². The molecule has 1 N–H and O–H groups in total. The molecule has 1 saturated carbocycles. The fourth-order valence-corrected chi connectivity index (χ4v) is 2.78. The van der Waals surface area contributed by atoms with Crippen LogP contribution in [0.1, 0.15) is 58.8 Å². The molecule has 1 rings (SSSR count). The number of ether oxygens (including phenoxy) is 1. The first-order valence-electron chi connectivity index (χ1n) is 7.59. The van der Waals surface area contributed by atoms with Gasteiger partial charge in [0, 0.05) is 13.0 Å². The fraction of sp³-hybridized carbons (Fsp3) is 0.812. The van der Waals surface area contributed by atoms with Gasteiger partial charge in [-0.05, 0) is 50.9 Å². The minimum atomic E-state index is -0.698. The standard InChI is InChI=1S/C16H28O3/c1-3-7-14-10-9-13(2)15(12-14)19-11-6-4-5-8-16(17)18/h3,7,13-15H,4-6,8-12H2,1-2H3,(H,17,18)/b7-3+. The number of aliphatic carboxylic acids is 1. The predicted octanol–water partition coefficient (Wildman–Crippen LogP) is 4.03. The molecule has 3 unspecified atom stereocenters. The summed E-state index contributed by atoms with van der Waals surface area (Å²) in [5, 5.41) is 8.55. The molecule has 0 aromatic rings. The van der Waals surface area contributed by atoms with Crippen molar-refractivity contribution in [1.29, 1.82) is 0 Å². The minimum Gasteiger partial charge on any atom is -0.481 e. The summed E-state index contributed by atoms with van der Waals surface area (Å²) in [5.41, 5.74) is 0. The molecular formula is C16H28O3. The molecule has 0 amide bonds. The number of carboxylic acid groups (broad SMARTS) is 1. The third-order valence-corrected chi connectivity index (χ3v) is 3.99. The van der Waals surface area contributed by atoms with E-state index >= 15 is 0 Å². The van der Waals surface area contributed by atoms with E-state index in [9.17, 15) is 4.79 Å². The van der Waals surface area contributed by atoms with Gasteiger partial charge in [-0.15, -0.1) is 0 Å². The van der Waals surface area contributed by atoms with Crippen molar-refractivity contribution >= 4 is 5.97 Å². The van der Waals surface area contributed by atoms with Crippen molar-refractivity contribution in [3.05, 3.63) is 12.2 Å². The second-order valence-corrected chi connectivity index (χ2v) is 5.69. The van der Waals surface area contributed by atoms with Gasteiger partial charge in [0.25, 0.3) is 0 Å². The number of hydrogen-bond donors (Lipinski definition) is 1. The van der Waals surface area contributed by atoms with Crippen molar-refractivity contribution < 1.29 is 14.6 Å². The van der Waals surface area contributed by atoms with Crippen molar-refractivity contribution in [3.63, 3.8) is 0 Å². The normalized spacial score (nSPS) is 27.8. The molecule has 19 heavy (non-hydrogen) atoms. The SMILES string of the molecule is C/C=C/C1CCC(C)C(OCCCCCC(=O)O)C1. The Bertz CT molecular complexity index is 286. The topological polar surface area (TPSA) is 46.5 Å². The van der Waals surface area contributed by atoms with E-state index in [1.54, 1.807) is 0 Å². The van der Waals surface area contributed by atoms with Crippen LogP contribution in [0, 0.1) is 11.8 Å². The largest absolute Gasteiger partial charge is 0.481 e. The number of rotatable bonds is 8. The van der Waals surface area contributed by atoms with E-state index in [1.165, 1.54) is 12.8 Å². The molecule has 3 atom stereocenters. The van der Waals surface area contributed by atoms with E-state index in [0.717, 1.165) is 32.3 Å². The van der Waals surface area contributed by atoms with Crippen LogP contribution in [-0.4, -0.2) is 23.8 Å². The Morgan fingerprint density at radius 1 is 1.32 bits per heavy atom. The summed E-state index contributed by atoms with van der Waals surface area (Å²) in [5.74, 6) is 0.634. The number of allylic oxidation sites excluding steroid dienone is 2. The molecule has 0 spiro atoms. The zero-order valence-electron chi connectivity index (χ0n) is 12.3. The average molecular weight is 268 g/mol. The van der Waals surface area contributed by atoms with Crippen LogP contribution in [0.4, 0.5) is 0 Å². The van der Waals surface area contributed by atoms with Crippen LogP contribution in [0.25, 0.3) is 0 Å². The molecule has 1 aliphatic rings. The Balaban J connectivity index is 2.14. The van der Waals surface area contributed by atoms with Crippen molar-refractivity contribution in [2.24, 2.45) is 11.8 Å². The van der Waals surface area contributed by atoms with Crippen LogP contribution in [0.15, 0.2) is 12.2 Å². The third kappa shape index (κ3) is 6.76. The van der Waals surface area contributed by atoms with Gasteiger partial charge in [-0.1, -0.05) is 25.5 Å². The van der Waals surface area contributed by atoms with E-state index in [4.69, 9.17) is 9.84 Å². The summed E-state index contributed by atoms with van der Waals surface area (Å²) < 4.78 is 6.00. The molecule has 110 valence electrons. The van der Waals surface area contributed by atoms with Gasteiger partial charge in [-0.25, -0.2) is 0 Å². The van der Waals surface area contributed by atoms with Crippen molar-refractivity contribution in [2.75, 3.05) is 6.61 Å². The van der Waals surface area contributed by atoms with Crippen LogP contribution in [0.3, 0.4) is 0 Å². The summed E-state index contributed by atoms with van der Waals surface area (Å²) in [6, 6.07) is 0. The van der Waals surface area contributed by atoms with Crippen LogP contribution < -0.4 is 0 Å². The van der Waals surface area contributed by atoms with Gasteiger partial charge in [0.15, 0.2) is 0 Å². The number of carboxylic acids is 1. The van der Waals surface area contributed by atoms with Gasteiger partial charge in [0.1, 0.15) is 0 Å². The maximum Gasteiger partial charge on any atom is 0.303 e. The Morgan fingerprint density at radius 3 is 2.79 bits per heavy atom. The molecule has 0 aromatic carbocycles. The van der Waals surface area contributed by atoms with Gasteiger partial charge in [0.2, 0.25) is 0 Å². The summed E-state index contributed by atoms with van der Waals surface area (Å²) >= 11 is 0. The maximum absolute atomic E-state index is 10.4. The van der Waals surface area contributed by atoms with Gasteiger partial charge in [-0.3, -0.25) is 4.79 Å². The molecule has 0 bridgehead atoms. The van der Waals surface area contributed by atoms with E-state index in [-0.39, 0.29) is 6.42 Å². The van der Waals surface area contributed by atoms with Gasteiger partial charge < -0.3 is 9.84 Å². The van der Waals surface area contributed by atoms with E-state index in [0.29, 0.717) is 17.9 Å². The molecule has 3 heteroatoms. The monoisotopic (exact) mass is 268 g/mol. The van der Waals surface area contributed by atoms with Crippen molar-refractivity contribution in [2.45, 2.75) is 64.9 Å². The van der Waals surface area contributed by atoms with E-state index in [2.05, 4.69) is 26.0 Å². The lowest BCUT2D eigenvalue weighted by Crippen LogP contribution is -2.30. The lowest BCUT2D eigenvalue weighted by atomic mass is 9.80. The first kappa shape index (κ1) is 16.2. The fourth-order valence-electron chi connectivity index (χ4n) is 2.78. The minimum absolute atomic E-state index is 0.281. The Morgan fingerprint density at radius 2 is 2.11 bits per heavy atom. The maximum atomic E-state index is 10.4. The van der Waals surface area contributed by atoms with Crippen LogP contribution in [0.2, 0.25) is 0 Å². The third-order valence-electron chi connectivity index (χ3n) is 3.99. The van der Waals surface area contributed by atoms with E-state index in [1.807, 2.05) is 0 Å². The molecule has 1 fully saturated rings. The number of hydrogen-bond acceptors (Lipinski definition) is 2. The second-order valence-electron chi connectivity index (χ2n) is 5.69. The highest BCUT2D eigenvalue weighted by Crippen LogP contribution is 2.31. The second kappa shape index (κ2) is 9.13. The molecule has 0 heterocycles. The highest BCUT2D eigenvalue weighted by atomic mass is 16.5. The zero-order valence-corrected chi connectivity index (χ0v) is 12.3. The first-order valence-corrected chi connectivity index (χ1v) is 7.59. The Labute approximate surface area is 117 Å². The highest BCUT2D eigenvalue weighted by Gasteiger charge is 2.26. The van der Waals surface area contributed by atoms with Crippen LogP contribution >= 0.6 is 0 Å². The lowest BCUT2D eigenvalue weighted by Gasteiger charge is -2.33. The van der Waals surface area contributed by atoms with Crippen LogP contribution in [0.5, 0.6) is 0 Å². The molecule has 0 saturated heterocycles. The van der Waals surface area contributed by atoms with Crippen molar-refractivity contribution in [3.8, 4) is 0 Å². The molecule has 1 aliphatic carbocycles. The number of carbonyl (C=O) groups is 1. The quantitative estimate of drug-likeness (QED) is 0.534. The van der Waals surface area contributed by atoms with Crippen LogP contribution in [-0.2, 0) is 9.53 Å². The predicted molar refractivity (Wildman–Crippen MR) is 77.2 cm³/mol. The average Bonchev–Trinajstić information content (AvgIpc) is 2.37. The molecular weight excluding hydrogens is 240 g/mol. The Hall–Kier alpha value is -0.830. The van der Waals surface area contributed by atoms with Gasteiger partial charge in [0.05, 0.1) is 6.10 Å². The summed E-state index contributed by atoms with van der Waals surface area (Å²) in [4.78, 5) is 10.4. The molecule has 3 nitrogen and oxygen atoms in total. The highest BCUT2D eigenvalue weighted by molar-refractivity contribution is 5.66. The summed E-state index contributed by atoms with van der Waals surface area (Å²) in [6.45, 7) is 5.13. The van der Waals surface area contributed by atoms with Gasteiger partial charge >= 0.3 is 5.97 Å². The lowest BCUT2D eigenvalue weighted by molar-refractivity contribution is -0.137. The van der Waals surface area contributed by atoms with E-state index < -0.39 is 5.97 Å². The Kier molecular flexibility index (Phi) is 7.80.